The largest absolute Gasteiger partial charge is 0.495 e. The molecule has 2 aromatic heterocycles. The number of aromatic nitrogens is 2. The monoisotopic (exact) mass is 938 g/mol. The third-order valence-electron chi connectivity index (χ3n) is 10.1. The Morgan fingerprint density at radius 1 is 0.619 bits per heavy atom. The van der Waals surface area contributed by atoms with Crippen molar-refractivity contribution in [1.29, 1.82) is 0 Å². The van der Waals surface area contributed by atoms with Gasteiger partial charge in [0, 0.05) is 49.4 Å². The van der Waals surface area contributed by atoms with Crippen LogP contribution in [-0.2, 0) is 32.0 Å². The molecule has 0 spiro atoms. The Labute approximate surface area is 381 Å². The van der Waals surface area contributed by atoms with Gasteiger partial charge in [0.2, 0.25) is 11.8 Å². The number of methoxy groups -OCH3 is 2. The van der Waals surface area contributed by atoms with Crippen molar-refractivity contribution in [1.82, 2.24) is 19.8 Å². The lowest BCUT2D eigenvalue weighted by molar-refractivity contribution is -0.141. The van der Waals surface area contributed by atoms with Gasteiger partial charge in [-0.3, -0.25) is 37.9 Å². The third-order valence-corrected chi connectivity index (χ3v) is 11.2. The number of ether oxygens (including phenoxy) is 2. The van der Waals surface area contributed by atoms with Crippen LogP contribution in [0.25, 0.3) is 21.8 Å². The predicted octanol–water partition coefficient (Wildman–Crippen LogP) is 8.56. The number of carbonyl (C=O) groups is 6. The van der Waals surface area contributed by atoms with E-state index in [1.807, 2.05) is 0 Å². The number of aliphatic carboxylic acids is 2. The number of nitrogens with one attached hydrogen (secondary N) is 2. The second-order valence-corrected chi connectivity index (χ2v) is 16.2. The average Bonchev–Trinajstić information content (AvgIpc) is 3.63. The van der Waals surface area contributed by atoms with Crippen LogP contribution in [0.4, 0.5) is 0 Å². The maximum Gasteiger partial charge on any atom is 0.325 e. The molecule has 14 nitrogen and oxygen atoms in total. The molecule has 0 aliphatic carbocycles. The lowest BCUT2D eigenvalue weighted by Crippen LogP contribution is -2.39. The molecule has 0 bridgehead atoms. The fourth-order valence-electron chi connectivity index (χ4n) is 7.00. The standard InChI is InChI=1S/C23H22Cl2N2O5.C22H20Cl2N2O5/c1-12(8-22(29)30)26-21(28)10-16-13(2)27(23(31)14-4-6-15(24)7-5-14)19-11-18(25)20(32-3)9-17(16)19;1-11(22(29)30)25-20(27)9-15-12(2)26(21(28)13-4-6-14(23)7-5-13)18-10-17(24)19(31-3)8-16(15)18/h4-7,9,11-12H,8,10H2,1-3H3,(H,26,28)(H,29,30);4-8,10-11H,9H2,1-3H3,(H,25,27)(H,29,30). The van der Waals surface area contributed by atoms with Crippen LogP contribution in [0, 0.1) is 13.8 Å². The quantitative estimate of drug-likeness (QED) is 0.0871. The van der Waals surface area contributed by atoms with E-state index in [0.29, 0.717) is 87.0 Å². The highest BCUT2D eigenvalue weighted by Crippen LogP contribution is 2.37. The van der Waals surface area contributed by atoms with Gasteiger partial charge in [0.25, 0.3) is 11.8 Å². The molecule has 6 aromatic rings. The molecule has 4 aromatic carbocycles. The molecule has 330 valence electrons. The first-order valence-electron chi connectivity index (χ1n) is 19.1. The highest BCUT2D eigenvalue weighted by Gasteiger charge is 2.26. The van der Waals surface area contributed by atoms with E-state index in [2.05, 4.69) is 10.6 Å². The van der Waals surface area contributed by atoms with Gasteiger partial charge in [-0.05, 0) is 112 Å². The Kier molecular flexibility index (Phi) is 15.5. The van der Waals surface area contributed by atoms with E-state index in [1.165, 1.54) is 30.3 Å². The fraction of sp³-hybridized carbons (Fsp3) is 0.244. The molecular formula is C45H42Cl4N4O10. The molecular weight excluding hydrogens is 898 g/mol. The Morgan fingerprint density at radius 2 is 1.00 bits per heavy atom. The van der Waals surface area contributed by atoms with Gasteiger partial charge < -0.3 is 30.3 Å². The molecule has 0 saturated heterocycles. The zero-order valence-electron chi connectivity index (χ0n) is 34.8. The highest BCUT2D eigenvalue weighted by molar-refractivity contribution is 6.33. The van der Waals surface area contributed by atoms with Crippen LogP contribution in [0.3, 0.4) is 0 Å². The van der Waals surface area contributed by atoms with Crippen LogP contribution in [0.15, 0.2) is 72.8 Å². The van der Waals surface area contributed by atoms with Gasteiger partial charge in [0.15, 0.2) is 0 Å². The summed E-state index contributed by atoms with van der Waals surface area (Å²) in [5.74, 6) is -2.78. The second kappa shape index (κ2) is 20.4. The average molecular weight is 941 g/mol. The maximum absolute atomic E-state index is 13.3. The number of carboxylic acids is 2. The molecule has 0 aliphatic heterocycles. The molecule has 18 heteroatoms. The molecule has 4 N–H and O–H groups in total. The van der Waals surface area contributed by atoms with Crippen molar-refractivity contribution < 1.29 is 48.5 Å². The lowest BCUT2D eigenvalue weighted by atomic mass is 10.1. The second-order valence-electron chi connectivity index (χ2n) is 14.5. The number of rotatable bonds is 13. The molecule has 2 unspecified atom stereocenters. The van der Waals surface area contributed by atoms with E-state index in [4.69, 9.17) is 66.1 Å². The molecule has 2 heterocycles. The Hall–Kier alpha value is -6.06. The number of nitrogens with zero attached hydrogens (tertiary/aromatic N) is 2. The summed E-state index contributed by atoms with van der Waals surface area (Å²) < 4.78 is 13.6. The summed E-state index contributed by atoms with van der Waals surface area (Å²) in [6.45, 7) is 6.47. The normalized spacial score (nSPS) is 11.9. The predicted molar refractivity (Wildman–Crippen MR) is 241 cm³/mol. The number of halogens is 4. The Morgan fingerprint density at radius 3 is 1.35 bits per heavy atom. The van der Waals surface area contributed by atoms with E-state index in [0.717, 1.165) is 0 Å². The van der Waals surface area contributed by atoms with Gasteiger partial charge in [0.05, 0.1) is 54.6 Å². The van der Waals surface area contributed by atoms with Crippen LogP contribution >= 0.6 is 46.4 Å². The van der Waals surface area contributed by atoms with Crippen molar-refractivity contribution in [3.8, 4) is 11.5 Å². The van der Waals surface area contributed by atoms with E-state index in [-0.39, 0.29) is 37.0 Å². The van der Waals surface area contributed by atoms with Crippen molar-refractivity contribution in [2.24, 2.45) is 0 Å². The first kappa shape index (κ1) is 48.0. The van der Waals surface area contributed by atoms with Crippen molar-refractivity contribution in [3.05, 3.63) is 127 Å². The van der Waals surface area contributed by atoms with Gasteiger partial charge in [-0.15, -0.1) is 0 Å². The van der Waals surface area contributed by atoms with Crippen LogP contribution in [0.1, 0.15) is 63.5 Å². The number of carbonyl (C=O) groups excluding carboxylic acids is 4. The van der Waals surface area contributed by atoms with E-state index >= 15 is 0 Å². The van der Waals surface area contributed by atoms with Crippen molar-refractivity contribution in [2.45, 2.75) is 59.0 Å². The summed E-state index contributed by atoms with van der Waals surface area (Å²) in [5, 5.41) is 26.0. The van der Waals surface area contributed by atoms with Crippen LogP contribution in [-0.4, -0.2) is 81.2 Å². The Balaban J connectivity index is 0.000000238. The number of carboxylic acid groups (broad SMARTS) is 2. The number of hydrogen-bond acceptors (Lipinski definition) is 8. The van der Waals surface area contributed by atoms with Crippen LogP contribution in [0.5, 0.6) is 11.5 Å². The minimum absolute atomic E-state index is 0.0437. The summed E-state index contributed by atoms with van der Waals surface area (Å²) in [6.07, 6.45) is -0.353. The van der Waals surface area contributed by atoms with Crippen molar-refractivity contribution >= 4 is 104 Å². The van der Waals surface area contributed by atoms with E-state index in [1.54, 1.807) is 93.6 Å². The van der Waals surface area contributed by atoms with E-state index in [9.17, 15) is 28.8 Å². The maximum atomic E-state index is 13.3. The molecule has 0 saturated carbocycles. The molecule has 2 amide bonds. The van der Waals surface area contributed by atoms with Gasteiger partial charge in [0.1, 0.15) is 17.5 Å². The summed E-state index contributed by atoms with van der Waals surface area (Å²) >= 11 is 24.5. The van der Waals surface area contributed by atoms with E-state index < -0.39 is 29.9 Å². The minimum atomic E-state index is -1.14. The first-order chi connectivity index (χ1) is 29.7. The topological polar surface area (TPSA) is 195 Å². The summed E-state index contributed by atoms with van der Waals surface area (Å²) in [6, 6.07) is 18.0. The summed E-state index contributed by atoms with van der Waals surface area (Å²) in [5.41, 5.74) is 4.19. The van der Waals surface area contributed by atoms with Gasteiger partial charge in [-0.2, -0.15) is 0 Å². The Bertz CT molecular complexity index is 2760. The molecule has 63 heavy (non-hydrogen) atoms. The van der Waals surface area contributed by atoms with Crippen molar-refractivity contribution in [3.63, 3.8) is 0 Å². The van der Waals surface area contributed by atoms with Gasteiger partial charge in [-0.25, -0.2) is 0 Å². The summed E-state index contributed by atoms with van der Waals surface area (Å²) in [4.78, 5) is 73.7. The SMILES string of the molecule is COc1cc2c(CC(=O)NC(C)C(=O)O)c(C)n(C(=O)c3ccc(Cl)cc3)c2cc1Cl.COc1cc2c(CC(=O)NC(C)CC(=O)O)c(C)n(C(=O)c3ccc(Cl)cc3)c2cc1Cl. The van der Waals surface area contributed by atoms with Gasteiger partial charge in [-0.1, -0.05) is 46.4 Å². The zero-order valence-corrected chi connectivity index (χ0v) is 37.8. The molecule has 0 aliphatic rings. The number of fused-ring (bicyclic) bond motifs is 2. The fourth-order valence-corrected chi connectivity index (χ4v) is 7.72. The number of hydrogen-bond donors (Lipinski definition) is 4. The number of benzene rings is 4. The zero-order chi connectivity index (χ0) is 46.4. The third kappa shape index (κ3) is 10.9. The summed E-state index contributed by atoms with van der Waals surface area (Å²) in [7, 11) is 2.95. The van der Waals surface area contributed by atoms with Crippen molar-refractivity contribution in [2.75, 3.05) is 14.2 Å². The lowest BCUT2D eigenvalue weighted by Gasteiger charge is -2.12. The van der Waals surface area contributed by atoms with Gasteiger partial charge >= 0.3 is 11.9 Å². The molecule has 0 fully saturated rings. The van der Waals surface area contributed by atoms with Crippen LogP contribution in [0.2, 0.25) is 20.1 Å². The first-order valence-corrected chi connectivity index (χ1v) is 20.7. The molecule has 2 atom stereocenters. The highest BCUT2D eigenvalue weighted by atomic mass is 35.5. The number of amides is 2. The minimum Gasteiger partial charge on any atom is -0.495 e. The smallest absolute Gasteiger partial charge is 0.325 e. The molecule has 6 rings (SSSR count). The molecule has 0 radical (unpaired) electrons. The van der Waals surface area contributed by atoms with Crippen LogP contribution < -0.4 is 20.1 Å².